The molecule has 15 nitrogen and oxygen atoms in total. The van der Waals surface area contributed by atoms with Crippen molar-refractivity contribution in [2.24, 2.45) is 5.73 Å². The molecule has 3 N–H and O–H groups in total. The summed E-state index contributed by atoms with van der Waals surface area (Å²) in [5, 5.41) is 9.10. The van der Waals surface area contributed by atoms with Crippen molar-refractivity contribution in [3.63, 3.8) is 0 Å². The van der Waals surface area contributed by atoms with Gasteiger partial charge in [-0.3, -0.25) is 9.69 Å². The minimum atomic E-state index is -0.455. The van der Waals surface area contributed by atoms with Gasteiger partial charge in [-0.25, -0.2) is 0 Å². The number of benzene rings is 3. The van der Waals surface area contributed by atoms with Gasteiger partial charge in [-0.15, -0.1) is 0 Å². The van der Waals surface area contributed by atoms with Crippen molar-refractivity contribution in [1.82, 2.24) is 9.80 Å². The third-order valence-corrected chi connectivity index (χ3v) is 12.8. The van der Waals surface area contributed by atoms with Gasteiger partial charge in [-0.2, -0.15) is 0 Å². The van der Waals surface area contributed by atoms with Crippen molar-refractivity contribution in [1.29, 1.82) is 0 Å². The van der Waals surface area contributed by atoms with E-state index >= 15 is 0 Å². The molecular weight excluding hydrogens is 1280 g/mol. The summed E-state index contributed by atoms with van der Waals surface area (Å²) in [6.45, 7) is 14.7. The SMILES string of the molecule is NCc1ccc(OCCOCCOCCOCCOCCOCCOCCOCCN2CCN(CCCOc3c(I)cc(Oc4c(I)cc(CC(=O)CO)cc4I)cc3I)CC2)cc1. The van der Waals surface area contributed by atoms with Crippen molar-refractivity contribution < 1.29 is 57.3 Å². The van der Waals surface area contributed by atoms with Gasteiger partial charge in [0, 0.05) is 52.2 Å². The molecule has 1 heterocycles. The number of carbonyl (C=O) groups excluding carboxylic acids is 1. The Morgan fingerprint density at radius 1 is 0.516 bits per heavy atom. The smallest absolute Gasteiger partial charge is 0.162 e. The van der Waals surface area contributed by atoms with Crippen LogP contribution in [0.2, 0.25) is 0 Å². The van der Waals surface area contributed by atoms with Gasteiger partial charge in [0.25, 0.3) is 0 Å². The van der Waals surface area contributed by atoms with Gasteiger partial charge in [0.15, 0.2) is 11.5 Å². The lowest BCUT2D eigenvalue weighted by Crippen LogP contribution is -2.47. The number of aliphatic hydroxyl groups is 1. The summed E-state index contributed by atoms with van der Waals surface area (Å²) < 4.78 is 61.1. The minimum Gasteiger partial charge on any atom is -0.491 e. The molecule has 64 heavy (non-hydrogen) atoms. The molecule has 0 atom stereocenters. The van der Waals surface area contributed by atoms with Gasteiger partial charge >= 0.3 is 0 Å². The predicted octanol–water partition coefficient (Wildman–Crippen LogP) is 6.04. The molecule has 1 fully saturated rings. The number of carbonyl (C=O) groups is 1. The van der Waals surface area contributed by atoms with Crippen molar-refractivity contribution >= 4 is 96.1 Å². The largest absolute Gasteiger partial charge is 0.491 e. The molecule has 1 saturated heterocycles. The van der Waals surface area contributed by atoms with Crippen molar-refractivity contribution in [2.45, 2.75) is 19.4 Å². The summed E-state index contributed by atoms with van der Waals surface area (Å²) in [5.74, 6) is 2.95. The van der Waals surface area contributed by atoms with E-state index in [9.17, 15) is 4.79 Å². The van der Waals surface area contributed by atoms with Crippen LogP contribution in [0.5, 0.6) is 23.0 Å². The molecule has 3 aromatic rings. The summed E-state index contributed by atoms with van der Waals surface area (Å²) in [6.07, 6.45) is 1.15. The third-order valence-electron chi connectivity index (χ3n) is 9.60. The molecule has 0 radical (unpaired) electrons. The summed E-state index contributed by atoms with van der Waals surface area (Å²) in [5.41, 5.74) is 7.54. The van der Waals surface area contributed by atoms with E-state index in [1.54, 1.807) is 0 Å². The second kappa shape index (κ2) is 34.5. The number of ketones is 1. The van der Waals surface area contributed by atoms with Gasteiger partial charge < -0.3 is 63.1 Å². The van der Waals surface area contributed by atoms with Crippen molar-refractivity contribution in [2.75, 3.05) is 152 Å². The highest BCUT2D eigenvalue weighted by molar-refractivity contribution is 14.1. The van der Waals surface area contributed by atoms with Crippen LogP contribution in [-0.2, 0) is 50.9 Å². The molecule has 0 aromatic heterocycles. The average molecular weight is 1350 g/mol. The van der Waals surface area contributed by atoms with Crippen LogP contribution in [0.25, 0.3) is 0 Å². The van der Waals surface area contributed by atoms with Crippen LogP contribution >= 0.6 is 90.4 Å². The number of piperazine rings is 1. The maximum atomic E-state index is 11.7. The quantitative estimate of drug-likeness (QED) is 0.0512. The Bertz CT molecular complexity index is 1700. The first kappa shape index (κ1) is 55.8. The lowest BCUT2D eigenvalue weighted by molar-refractivity contribution is -0.121. The average Bonchev–Trinajstić information content (AvgIpc) is 3.29. The first-order valence-corrected chi connectivity index (χ1v) is 25.9. The predicted molar refractivity (Wildman–Crippen MR) is 278 cm³/mol. The van der Waals surface area contributed by atoms with E-state index < -0.39 is 6.61 Å². The number of ether oxygens (including phenoxy) is 10. The van der Waals surface area contributed by atoms with Gasteiger partial charge in [-0.05, 0) is 144 Å². The molecule has 0 spiro atoms. The molecule has 0 aliphatic carbocycles. The summed E-state index contributed by atoms with van der Waals surface area (Å²) in [6, 6.07) is 15.6. The summed E-state index contributed by atoms with van der Waals surface area (Å²) in [7, 11) is 0. The topological polar surface area (TPSA) is 162 Å². The lowest BCUT2D eigenvalue weighted by Gasteiger charge is -2.34. The Kier molecular flexibility index (Phi) is 30.1. The fraction of sp³-hybridized carbons (Fsp3) is 0.578. The molecule has 0 bridgehead atoms. The zero-order valence-corrected chi connectivity index (χ0v) is 45.1. The Hall–Kier alpha value is -0.790. The van der Waals surface area contributed by atoms with Crippen LogP contribution in [0.1, 0.15) is 17.5 Å². The number of hydrogen-bond donors (Lipinski definition) is 2. The molecule has 0 unspecified atom stereocenters. The molecule has 1 aliphatic heterocycles. The van der Waals surface area contributed by atoms with Crippen molar-refractivity contribution in [3.8, 4) is 23.0 Å². The molecular formula is C45H63I4N3O12. The number of nitrogens with two attached hydrogens (primary N) is 1. The zero-order valence-electron chi connectivity index (χ0n) is 36.4. The number of halogens is 4. The lowest BCUT2D eigenvalue weighted by atomic mass is 10.1. The van der Waals surface area contributed by atoms with E-state index in [-0.39, 0.29) is 12.2 Å². The van der Waals surface area contributed by atoms with Crippen LogP contribution in [0.4, 0.5) is 0 Å². The maximum Gasteiger partial charge on any atom is 0.162 e. The molecule has 4 rings (SSSR count). The molecule has 1 aliphatic rings. The fourth-order valence-electron chi connectivity index (χ4n) is 6.20. The standard InChI is InChI=1S/C45H63I4N3O12/c46-40-29-36(28-37(54)34-53)30-41(47)45(40)64-39-31-42(48)44(43(49)32-39)63-12-1-6-51-7-9-52(10-8-51)11-13-55-14-15-56-16-17-57-18-19-58-20-21-59-22-23-60-24-25-61-26-27-62-38-4-2-35(33-50)3-5-38/h2-5,29-32,53H,1,6-28,33-34,50H2. The fourth-order valence-corrected chi connectivity index (χ4v) is 10.3. The number of hydrogen-bond acceptors (Lipinski definition) is 15. The summed E-state index contributed by atoms with van der Waals surface area (Å²) >= 11 is 9.05. The normalized spacial score (nSPS) is 13.4. The Morgan fingerprint density at radius 3 is 1.42 bits per heavy atom. The first-order valence-electron chi connectivity index (χ1n) is 21.6. The molecule has 358 valence electrons. The van der Waals surface area contributed by atoms with E-state index in [0.717, 1.165) is 94.1 Å². The van der Waals surface area contributed by atoms with E-state index in [1.807, 2.05) is 48.5 Å². The molecule has 19 heteroatoms. The Morgan fingerprint density at radius 2 is 0.953 bits per heavy atom. The van der Waals surface area contributed by atoms with E-state index in [1.165, 1.54) is 0 Å². The minimum absolute atomic E-state index is 0.202. The first-order chi connectivity index (χ1) is 31.2. The second-order valence-electron chi connectivity index (χ2n) is 14.4. The van der Waals surface area contributed by atoms with Crippen LogP contribution in [0.3, 0.4) is 0 Å². The van der Waals surface area contributed by atoms with Gasteiger partial charge in [0.05, 0.1) is 113 Å². The number of aliphatic hydroxyl groups excluding tert-OH is 1. The maximum absolute atomic E-state index is 11.7. The molecule has 0 saturated carbocycles. The second-order valence-corrected chi connectivity index (χ2v) is 19.1. The molecule has 3 aromatic carbocycles. The van der Waals surface area contributed by atoms with Crippen LogP contribution < -0.4 is 19.9 Å². The number of nitrogens with zero attached hydrogens (tertiary/aromatic N) is 2. The van der Waals surface area contributed by atoms with Gasteiger partial charge in [0.2, 0.25) is 0 Å². The molecule has 0 amide bonds. The monoisotopic (exact) mass is 1350 g/mol. The van der Waals surface area contributed by atoms with E-state index in [2.05, 4.69) is 100 Å². The van der Waals surface area contributed by atoms with Crippen LogP contribution in [0, 0.1) is 14.3 Å². The third kappa shape index (κ3) is 23.5. The highest BCUT2D eigenvalue weighted by Crippen LogP contribution is 2.37. The van der Waals surface area contributed by atoms with Gasteiger partial charge in [-0.1, -0.05) is 12.1 Å². The van der Waals surface area contributed by atoms with Crippen LogP contribution in [-0.4, -0.2) is 172 Å². The van der Waals surface area contributed by atoms with E-state index in [0.29, 0.717) is 112 Å². The van der Waals surface area contributed by atoms with Crippen LogP contribution in [0.15, 0.2) is 48.5 Å². The highest BCUT2D eigenvalue weighted by atomic mass is 127. The number of rotatable bonds is 36. The van der Waals surface area contributed by atoms with E-state index in [4.69, 9.17) is 58.2 Å². The van der Waals surface area contributed by atoms with Gasteiger partial charge in [0.1, 0.15) is 30.5 Å². The Balaban J connectivity index is 0.878. The number of Topliss-reactive ketones (excluding diaryl/α,β-unsaturated/α-hetero) is 1. The summed E-state index contributed by atoms with van der Waals surface area (Å²) in [4.78, 5) is 16.7. The zero-order chi connectivity index (χ0) is 45.6. The Labute approximate surface area is 432 Å². The van der Waals surface area contributed by atoms with Crippen molar-refractivity contribution in [3.05, 3.63) is 73.9 Å². The highest BCUT2D eigenvalue weighted by Gasteiger charge is 2.18.